The van der Waals surface area contributed by atoms with Gasteiger partial charge in [-0.2, -0.15) is 0 Å². The Hall–Kier alpha value is -0.730. The van der Waals surface area contributed by atoms with Crippen LogP contribution in [0.1, 0.15) is 25.3 Å². The molecule has 0 radical (unpaired) electrons. The van der Waals surface area contributed by atoms with Gasteiger partial charge in [0, 0.05) is 0 Å². The van der Waals surface area contributed by atoms with E-state index in [0.29, 0.717) is 6.10 Å². The standard InChI is InChI=1S/C13H19NO.ClH/c1-2-11-5-3-4-6-13(11)15-12-7-9-14-10-8-12;/h3-6,12,14H,2,7-10H2,1H3;1H. The SMILES string of the molecule is CCc1ccccc1OC1CCNCC1.Cl. The minimum atomic E-state index is 0. The number of aryl methyl sites for hydroxylation is 1. The Bertz CT molecular complexity index is 311. The van der Waals surface area contributed by atoms with Crippen LogP contribution in [0, 0.1) is 0 Å². The molecule has 1 aliphatic rings. The summed E-state index contributed by atoms with van der Waals surface area (Å²) >= 11 is 0. The number of para-hydroxylation sites is 1. The molecule has 1 N–H and O–H groups in total. The minimum Gasteiger partial charge on any atom is -0.490 e. The molecule has 0 aromatic heterocycles. The monoisotopic (exact) mass is 241 g/mol. The summed E-state index contributed by atoms with van der Waals surface area (Å²) in [4.78, 5) is 0. The van der Waals surface area contributed by atoms with E-state index in [1.165, 1.54) is 5.56 Å². The second-order valence-corrected chi connectivity index (χ2v) is 4.03. The van der Waals surface area contributed by atoms with E-state index in [2.05, 4.69) is 36.5 Å². The van der Waals surface area contributed by atoms with Crippen molar-refractivity contribution >= 4 is 12.4 Å². The van der Waals surface area contributed by atoms with Gasteiger partial charge < -0.3 is 10.1 Å². The molecule has 0 unspecified atom stereocenters. The van der Waals surface area contributed by atoms with Crippen LogP contribution in [0.3, 0.4) is 0 Å². The quantitative estimate of drug-likeness (QED) is 0.879. The van der Waals surface area contributed by atoms with E-state index in [1.807, 2.05) is 0 Å². The van der Waals surface area contributed by atoms with Crippen molar-refractivity contribution in [3.05, 3.63) is 29.8 Å². The van der Waals surface area contributed by atoms with Gasteiger partial charge in [0.1, 0.15) is 11.9 Å². The molecule has 0 saturated carbocycles. The average molecular weight is 242 g/mol. The molecule has 2 rings (SSSR count). The fourth-order valence-electron chi connectivity index (χ4n) is 2.00. The smallest absolute Gasteiger partial charge is 0.122 e. The van der Waals surface area contributed by atoms with Crippen molar-refractivity contribution in [1.82, 2.24) is 5.32 Å². The number of nitrogens with one attached hydrogen (secondary N) is 1. The molecule has 3 heteroatoms. The lowest BCUT2D eigenvalue weighted by Crippen LogP contribution is -2.34. The van der Waals surface area contributed by atoms with Crippen LogP contribution in [-0.4, -0.2) is 19.2 Å². The third kappa shape index (κ3) is 3.39. The molecule has 1 fully saturated rings. The molecule has 1 saturated heterocycles. The zero-order chi connectivity index (χ0) is 10.5. The van der Waals surface area contributed by atoms with Gasteiger partial charge in [0.05, 0.1) is 0 Å². The summed E-state index contributed by atoms with van der Waals surface area (Å²) in [6.45, 7) is 4.34. The van der Waals surface area contributed by atoms with Crippen molar-refractivity contribution in [3.8, 4) is 5.75 Å². The van der Waals surface area contributed by atoms with Crippen molar-refractivity contribution in [2.45, 2.75) is 32.3 Å². The molecule has 1 aliphatic heterocycles. The summed E-state index contributed by atoms with van der Waals surface area (Å²) in [6, 6.07) is 8.36. The maximum absolute atomic E-state index is 6.04. The van der Waals surface area contributed by atoms with E-state index in [-0.39, 0.29) is 12.4 Å². The molecule has 1 aromatic rings. The van der Waals surface area contributed by atoms with Gasteiger partial charge in [-0.1, -0.05) is 25.1 Å². The van der Waals surface area contributed by atoms with E-state index < -0.39 is 0 Å². The van der Waals surface area contributed by atoms with Gasteiger partial charge in [-0.25, -0.2) is 0 Å². The van der Waals surface area contributed by atoms with Crippen LogP contribution < -0.4 is 10.1 Å². The largest absolute Gasteiger partial charge is 0.490 e. The molecule has 1 heterocycles. The molecule has 1 aromatic carbocycles. The fraction of sp³-hybridized carbons (Fsp3) is 0.538. The van der Waals surface area contributed by atoms with Crippen LogP contribution in [0.5, 0.6) is 5.75 Å². The average Bonchev–Trinajstić information content (AvgIpc) is 2.31. The number of rotatable bonds is 3. The number of ether oxygens (including phenoxy) is 1. The first-order valence-electron chi connectivity index (χ1n) is 5.85. The van der Waals surface area contributed by atoms with Crippen LogP contribution >= 0.6 is 12.4 Å². The number of hydrogen-bond acceptors (Lipinski definition) is 2. The second-order valence-electron chi connectivity index (χ2n) is 4.03. The molecule has 0 aliphatic carbocycles. The number of piperidine rings is 1. The van der Waals surface area contributed by atoms with Crippen molar-refractivity contribution in [2.75, 3.05) is 13.1 Å². The normalized spacial score (nSPS) is 16.6. The maximum Gasteiger partial charge on any atom is 0.122 e. The summed E-state index contributed by atoms with van der Waals surface area (Å²) in [5.41, 5.74) is 1.32. The highest BCUT2D eigenvalue weighted by Gasteiger charge is 2.15. The predicted octanol–water partition coefficient (Wildman–Crippen LogP) is 2.80. The molecule has 0 spiro atoms. The Balaban J connectivity index is 0.00000128. The fourth-order valence-corrected chi connectivity index (χ4v) is 2.00. The maximum atomic E-state index is 6.04. The van der Waals surface area contributed by atoms with E-state index in [4.69, 9.17) is 4.74 Å². The van der Waals surface area contributed by atoms with Gasteiger partial charge in [0.2, 0.25) is 0 Å². The van der Waals surface area contributed by atoms with E-state index in [1.54, 1.807) is 0 Å². The molecule has 16 heavy (non-hydrogen) atoms. The lowest BCUT2D eigenvalue weighted by molar-refractivity contribution is 0.161. The van der Waals surface area contributed by atoms with E-state index in [0.717, 1.165) is 38.1 Å². The van der Waals surface area contributed by atoms with Gasteiger partial charge in [-0.05, 0) is 44.0 Å². The van der Waals surface area contributed by atoms with Crippen molar-refractivity contribution in [3.63, 3.8) is 0 Å². The zero-order valence-electron chi connectivity index (χ0n) is 9.74. The molecular weight excluding hydrogens is 222 g/mol. The Labute approximate surface area is 104 Å². The first-order valence-corrected chi connectivity index (χ1v) is 5.85. The minimum absolute atomic E-state index is 0. The van der Waals surface area contributed by atoms with Gasteiger partial charge in [0.15, 0.2) is 0 Å². The van der Waals surface area contributed by atoms with Crippen LogP contribution in [0.15, 0.2) is 24.3 Å². The lowest BCUT2D eigenvalue weighted by Gasteiger charge is -2.24. The first-order chi connectivity index (χ1) is 7.40. The first kappa shape index (κ1) is 13.3. The number of benzene rings is 1. The Morgan fingerprint density at radius 1 is 1.25 bits per heavy atom. The highest BCUT2D eigenvalue weighted by atomic mass is 35.5. The molecule has 0 amide bonds. The Morgan fingerprint density at radius 3 is 2.62 bits per heavy atom. The summed E-state index contributed by atoms with van der Waals surface area (Å²) in [7, 11) is 0. The summed E-state index contributed by atoms with van der Waals surface area (Å²) in [5.74, 6) is 1.08. The van der Waals surface area contributed by atoms with Gasteiger partial charge >= 0.3 is 0 Å². The van der Waals surface area contributed by atoms with Crippen molar-refractivity contribution in [2.24, 2.45) is 0 Å². The summed E-state index contributed by atoms with van der Waals surface area (Å²) < 4.78 is 6.04. The third-order valence-corrected chi connectivity index (χ3v) is 2.93. The Morgan fingerprint density at radius 2 is 1.94 bits per heavy atom. The topological polar surface area (TPSA) is 21.3 Å². The lowest BCUT2D eigenvalue weighted by atomic mass is 10.1. The second kappa shape index (κ2) is 6.77. The Kier molecular flexibility index (Phi) is 5.64. The van der Waals surface area contributed by atoms with Crippen LogP contribution in [0.4, 0.5) is 0 Å². The van der Waals surface area contributed by atoms with Crippen LogP contribution in [0.2, 0.25) is 0 Å². The third-order valence-electron chi connectivity index (χ3n) is 2.93. The highest BCUT2D eigenvalue weighted by Crippen LogP contribution is 2.21. The molecule has 0 atom stereocenters. The highest BCUT2D eigenvalue weighted by molar-refractivity contribution is 5.85. The van der Waals surface area contributed by atoms with E-state index >= 15 is 0 Å². The van der Waals surface area contributed by atoms with Crippen molar-refractivity contribution in [1.29, 1.82) is 0 Å². The molecule has 2 nitrogen and oxygen atoms in total. The van der Waals surface area contributed by atoms with Gasteiger partial charge in [0.25, 0.3) is 0 Å². The van der Waals surface area contributed by atoms with Gasteiger partial charge in [-0.15, -0.1) is 12.4 Å². The van der Waals surface area contributed by atoms with Gasteiger partial charge in [-0.3, -0.25) is 0 Å². The number of hydrogen-bond donors (Lipinski definition) is 1. The zero-order valence-corrected chi connectivity index (χ0v) is 10.6. The van der Waals surface area contributed by atoms with Crippen molar-refractivity contribution < 1.29 is 4.74 Å². The molecule has 90 valence electrons. The van der Waals surface area contributed by atoms with Crippen LogP contribution in [0.25, 0.3) is 0 Å². The summed E-state index contributed by atoms with van der Waals surface area (Å²) in [5, 5.41) is 3.35. The summed E-state index contributed by atoms with van der Waals surface area (Å²) in [6.07, 6.45) is 3.69. The predicted molar refractivity (Wildman–Crippen MR) is 69.6 cm³/mol. The molecule has 0 bridgehead atoms. The van der Waals surface area contributed by atoms with E-state index in [9.17, 15) is 0 Å². The number of halogens is 1. The van der Waals surface area contributed by atoms with Crippen LogP contribution in [-0.2, 0) is 6.42 Å². The molecular formula is C13H20ClNO.